The normalized spacial score (nSPS) is 21.3. The average Bonchev–Trinajstić information content (AvgIpc) is 3.53. The Morgan fingerprint density at radius 2 is 1.89 bits per heavy atom. The van der Waals surface area contributed by atoms with Crippen LogP contribution in [0.1, 0.15) is 25.3 Å². The van der Waals surface area contributed by atoms with Crippen molar-refractivity contribution in [3.63, 3.8) is 0 Å². The summed E-state index contributed by atoms with van der Waals surface area (Å²) in [7, 11) is 0. The van der Waals surface area contributed by atoms with E-state index >= 15 is 0 Å². The van der Waals surface area contributed by atoms with Gasteiger partial charge in [-0.1, -0.05) is 30.3 Å². The van der Waals surface area contributed by atoms with Crippen LogP contribution in [0.3, 0.4) is 0 Å². The minimum Gasteiger partial charge on any atom is -0.341 e. The van der Waals surface area contributed by atoms with Crippen molar-refractivity contribution in [3.05, 3.63) is 54.4 Å². The second-order valence-corrected chi connectivity index (χ2v) is 7.96. The number of rotatable bonds is 6. The van der Waals surface area contributed by atoms with Crippen molar-refractivity contribution in [2.75, 3.05) is 32.7 Å². The Bertz CT molecular complexity index is 755. The molecule has 2 fully saturated rings. The van der Waals surface area contributed by atoms with Gasteiger partial charge in [0.1, 0.15) is 0 Å². The third kappa shape index (κ3) is 4.56. The second kappa shape index (κ2) is 8.22. The highest BCUT2D eigenvalue weighted by Crippen LogP contribution is 2.30. The average molecular weight is 364 g/mol. The Morgan fingerprint density at radius 3 is 2.56 bits per heavy atom. The zero-order valence-electron chi connectivity index (χ0n) is 16.2. The molecule has 4 heteroatoms. The maximum atomic E-state index is 13.0. The van der Waals surface area contributed by atoms with E-state index in [1.54, 1.807) is 6.20 Å². The molecule has 0 unspecified atom stereocenters. The Hall–Kier alpha value is -2.20. The summed E-state index contributed by atoms with van der Waals surface area (Å²) in [6.45, 7) is 6.86. The van der Waals surface area contributed by atoms with E-state index in [2.05, 4.69) is 47.1 Å². The molecule has 1 aromatic carbocycles. The molecule has 4 rings (SSSR count). The topological polar surface area (TPSA) is 36.4 Å². The van der Waals surface area contributed by atoms with Gasteiger partial charge in [-0.3, -0.25) is 9.78 Å². The number of hydrogen-bond acceptors (Lipinski definition) is 3. The molecule has 2 heterocycles. The minimum atomic E-state index is 0.0652. The highest BCUT2D eigenvalue weighted by molar-refractivity contribution is 5.79. The number of aromatic nitrogens is 1. The molecular formula is C23H29N3O. The number of benzene rings is 1. The molecule has 0 bridgehead atoms. The van der Waals surface area contributed by atoms with E-state index < -0.39 is 0 Å². The van der Waals surface area contributed by atoms with E-state index in [4.69, 9.17) is 0 Å². The highest BCUT2D eigenvalue weighted by atomic mass is 16.2. The Labute approximate surface area is 162 Å². The largest absolute Gasteiger partial charge is 0.341 e. The quantitative estimate of drug-likeness (QED) is 0.788. The van der Waals surface area contributed by atoms with Gasteiger partial charge in [-0.15, -0.1) is 0 Å². The molecular weight excluding hydrogens is 334 g/mol. The lowest BCUT2D eigenvalue weighted by Crippen LogP contribution is -2.37. The lowest BCUT2D eigenvalue weighted by atomic mass is 9.96. The third-order valence-electron chi connectivity index (χ3n) is 5.85. The first kappa shape index (κ1) is 18.2. The van der Waals surface area contributed by atoms with Crippen molar-refractivity contribution in [1.29, 1.82) is 0 Å². The van der Waals surface area contributed by atoms with Crippen molar-refractivity contribution in [2.45, 2.75) is 26.2 Å². The van der Waals surface area contributed by atoms with Gasteiger partial charge < -0.3 is 9.80 Å². The first-order valence-corrected chi connectivity index (χ1v) is 10.2. The number of hydrogen-bond donors (Lipinski definition) is 0. The van der Waals surface area contributed by atoms with Crippen LogP contribution in [0.15, 0.2) is 48.8 Å². The molecule has 1 saturated carbocycles. The van der Waals surface area contributed by atoms with E-state index in [0.29, 0.717) is 5.91 Å². The number of nitrogens with zero attached hydrogens (tertiary/aromatic N) is 3. The summed E-state index contributed by atoms with van der Waals surface area (Å²) in [6, 6.07) is 12.7. The molecule has 1 aromatic heterocycles. The van der Waals surface area contributed by atoms with Gasteiger partial charge in [-0.05, 0) is 54.9 Å². The molecule has 1 atom stereocenters. The molecule has 1 amide bonds. The number of amides is 1. The number of pyridine rings is 1. The van der Waals surface area contributed by atoms with Crippen LogP contribution in [-0.2, 0) is 11.2 Å². The fraction of sp³-hybridized carbons (Fsp3) is 0.478. The molecule has 142 valence electrons. The summed E-state index contributed by atoms with van der Waals surface area (Å²) >= 11 is 0. The summed E-state index contributed by atoms with van der Waals surface area (Å²) in [5.74, 6) is 1.26. The van der Waals surface area contributed by atoms with Gasteiger partial charge in [0.2, 0.25) is 5.91 Å². The van der Waals surface area contributed by atoms with Crippen molar-refractivity contribution in [3.8, 4) is 11.1 Å². The van der Waals surface area contributed by atoms with Crippen molar-refractivity contribution in [2.24, 2.45) is 11.8 Å². The summed E-state index contributed by atoms with van der Waals surface area (Å²) < 4.78 is 0. The lowest BCUT2D eigenvalue weighted by Gasteiger charge is -2.23. The van der Waals surface area contributed by atoms with E-state index in [1.807, 2.05) is 17.2 Å². The van der Waals surface area contributed by atoms with Crippen molar-refractivity contribution < 1.29 is 4.79 Å². The van der Waals surface area contributed by atoms with Gasteiger partial charge in [-0.2, -0.15) is 0 Å². The van der Waals surface area contributed by atoms with E-state index in [1.165, 1.54) is 30.5 Å². The zero-order valence-corrected chi connectivity index (χ0v) is 16.2. The Balaban J connectivity index is 1.47. The predicted octanol–water partition coefficient (Wildman–Crippen LogP) is 3.48. The van der Waals surface area contributed by atoms with Gasteiger partial charge in [-0.25, -0.2) is 0 Å². The smallest absolute Gasteiger partial charge is 0.227 e. The summed E-state index contributed by atoms with van der Waals surface area (Å²) in [5.41, 5.74) is 3.54. The van der Waals surface area contributed by atoms with Crippen LogP contribution in [0, 0.1) is 11.8 Å². The SMILES string of the molecule is CCN1CCN(CC2CC2)C[C@H](Cc2ccc(-c3cccnc3)cc2)C1=O. The van der Waals surface area contributed by atoms with Crippen LogP contribution in [0.5, 0.6) is 0 Å². The van der Waals surface area contributed by atoms with Crippen LogP contribution < -0.4 is 0 Å². The van der Waals surface area contributed by atoms with Crippen LogP contribution in [0.2, 0.25) is 0 Å². The van der Waals surface area contributed by atoms with E-state index in [-0.39, 0.29) is 5.92 Å². The molecule has 1 saturated heterocycles. The molecule has 0 radical (unpaired) electrons. The molecule has 1 aliphatic carbocycles. The van der Waals surface area contributed by atoms with Crippen LogP contribution in [-0.4, -0.2) is 53.4 Å². The fourth-order valence-electron chi connectivity index (χ4n) is 4.06. The molecule has 2 aliphatic rings. The minimum absolute atomic E-state index is 0.0652. The molecule has 4 nitrogen and oxygen atoms in total. The Morgan fingerprint density at radius 1 is 1.07 bits per heavy atom. The maximum absolute atomic E-state index is 13.0. The lowest BCUT2D eigenvalue weighted by molar-refractivity contribution is -0.134. The van der Waals surface area contributed by atoms with Crippen molar-refractivity contribution >= 4 is 5.91 Å². The maximum Gasteiger partial charge on any atom is 0.227 e. The summed E-state index contributed by atoms with van der Waals surface area (Å²) in [5, 5.41) is 0. The van der Waals surface area contributed by atoms with Gasteiger partial charge in [0.25, 0.3) is 0 Å². The third-order valence-corrected chi connectivity index (χ3v) is 5.85. The molecule has 1 aliphatic heterocycles. The summed E-state index contributed by atoms with van der Waals surface area (Å²) in [6.07, 6.45) is 7.23. The van der Waals surface area contributed by atoms with Gasteiger partial charge >= 0.3 is 0 Å². The molecule has 0 N–H and O–H groups in total. The second-order valence-electron chi connectivity index (χ2n) is 7.96. The number of carbonyl (C=O) groups excluding carboxylic acids is 1. The van der Waals surface area contributed by atoms with E-state index in [9.17, 15) is 4.79 Å². The number of carbonyl (C=O) groups is 1. The van der Waals surface area contributed by atoms with Crippen LogP contribution in [0.4, 0.5) is 0 Å². The first-order valence-electron chi connectivity index (χ1n) is 10.2. The summed E-state index contributed by atoms with van der Waals surface area (Å²) in [4.78, 5) is 21.8. The predicted molar refractivity (Wildman–Crippen MR) is 108 cm³/mol. The molecule has 2 aromatic rings. The highest BCUT2D eigenvalue weighted by Gasteiger charge is 2.32. The van der Waals surface area contributed by atoms with Crippen molar-refractivity contribution in [1.82, 2.24) is 14.8 Å². The molecule has 27 heavy (non-hydrogen) atoms. The fourth-order valence-corrected chi connectivity index (χ4v) is 4.06. The first-order chi connectivity index (χ1) is 13.2. The van der Waals surface area contributed by atoms with Gasteiger partial charge in [0, 0.05) is 45.1 Å². The zero-order chi connectivity index (χ0) is 18.6. The van der Waals surface area contributed by atoms with Gasteiger partial charge in [0.15, 0.2) is 0 Å². The molecule has 0 spiro atoms. The standard InChI is InChI=1S/C23H29N3O/c1-2-26-13-12-25(16-19-5-6-19)17-22(23(26)27)14-18-7-9-20(10-8-18)21-4-3-11-24-15-21/h3-4,7-11,15,19,22H,2,5-6,12-14,16-17H2,1H3/t22-/m0/s1. The Kier molecular flexibility index (Phi) is 5.53. The van der Waals surface area contributed by atoms with E-state index in [0.717, 1.165) is 44.1 Å². The van der Waals surface area contributed by atoms with Gasteiger partial charge in [0.05, 0.1) is 5.92 Å². The number of likely N-dealkylation sites (N-methyl/N-ethyl adjacent to an activating group) is 1. The van der Waals surface area contributed by atoms with Crippen LogP contribution in [0.25, 0.3) is 11.1 Å². The monoisotopic (exact) mass is 363 g/mol. The van der Waals surface area contributed by atoms with Crippen LogP contribution >= 0.6 is 0 Å².